The topological polar surface area (TPSA) is 51.2 Å². The van der Waals surface area contributed by atoms with Gasteiger partial charge in [0.25, 0.3) is 0 Å². The Balaban J connectivity index is 1.89. The van der Waals surface area contributed by atoms with Crippen LogP contribution in [0.2, 0.25) is 0 Å². The Kier molecular flexibility index (Phi) is 4.52. The van der Waals surface area contributed by atoms with Crippen molar-refractivity contribution in [3.05, 3.63) is 58.2 Å². The van der Waals surface area contributed by atoms with Crippen molar-refractivity contribution in [2.45, 2.75) is 13.5 Å². The van der Waals surface area contributed by atoms with Gasteiger partial charge in [-0.05, 0) is 40.0 Å². The molecular weight excluding hydrogens is 308 g/mol. The number of anilines is 1. The molecule has 2 rings (SSSR count). The molecule has 0 aliphatic carbocycles. The average Bonchev–Trinajstić information content (AvgIpc) is 2.42. The summed E-state index contributed by atoms with van der Waals surface area (Å²) < 4.78 is 5.80. The van der Waals surface area contributed by atoms with Crippen molar-refractivity contribution in [3.63, 3.8) is 0 Å². The zero-order valence-electron chi connectivity index (χ0n) is 10.4. The number of hydrogen-bond donors (Lipinski definition) is 1. The molecule has 98 valence electrons. The second kappa shape index (κ2) is 6.33. The molecule has 0 spiro atoms. The van der Waals surface area contributed by atoms with Gasteiger partial charge in [0.05, 0.1) is 0 Å². The van der Waals surface area contributed by atoms with Gasteiger partial charge in [-0.15, -0.1) is 0 Å². The smallest absolute Gasteiger partial charge is 0.413 e. The number of pyridine rings is 1. The Morgan fingerprint density at radius 2 is 2.00 bits per heavy atom. The molecule has 0 atom stereocenters. The normalized spacial score (nSPS) is 10.0. The standard InChI is InChI=1S/C14H13BrN2O2/c1-10-7-8-12(16-13(10)15)17-14(18)19-9-11-5-3-2-4-6-11/h2-8H,9H2,1H3,(H,16,17,18). The number of amides is 1. The van der Waals surface area contributed by atoms with Gasteiger partial charge in [0.1, 0.15) is 17.0 Å². The third kappa shape index (κ3) is 4.06. The van der Waals surface area contributed by atoms with Gasteiger partial charge in [-0.1, -0.05) is 36.4 Å². The van der Waals surface area contributed by atoms with Crippen molar-refractivity contribution in [1.29, 1.82) is 0 Å². The van der Waals surface area contributed by atoms with Gasteiger partial charge in [-0.25, -0.2) is 9.78 Å². The average molecular weight is 321 g/mol. The van der Waals surface area contributed by atoms with Crippen molar-refractivity contribution < 1.29 is 9.53 Å². The number of nitrogens with one attached hydrogen (secondary N) is 1. The van der Waals surface area contributed by atoms with E-state index in [1.807, 2.05) is 43.3 Å². The lowest BCUT2D eigenvalue weighted by molar-refractivity contribution is 0.155. The van der Waals surface area contributed by atoms with E-state index < -0.39 is 6.09 Å². The maximum Gasteiger partial charge on any atom is 0.413 e. The molecule has 0 saturated heterocycles. The molecule has 4 nitrogen and oxygen atoms in total. The van der Waals surface area contributed by atoms with Gasteiger partial charge < -0.3 is 4.74 Å². The van der Waals surface area contributed by atoms with Crippen molar-refractivity contribution in [1.82, 2.24) is 4.98 Å². The first kappa shape index (κ1) is 13.5. The minimum absolute atomic E-state index is 0.236. The lowest BCUT2D eigenvalue weighted by atomic mass is 10.2. The highest BCUT2D eigenvalue weighted by atomic mass is 79.9. The summed E-state index contributed by atoms with van der Waals surface area (Å²) in [4.78, 5) is 15.8. The molecule has 1 heterocycles. The summed E-state index contributed by atoms with van der Waals surface area (Å²) in [5.74, 6) is 0.454. The Bertz CT molecular complexity index is 573. The monoisotopic (exact) mass is 320 g/mol. The number of carbonyl (C=O) groups is 1. The maximum atomic E-state index is 11.6. The molecular formula is C14H13BrN2O2. The van der Waals surface area contributed by atoms with Crippen LogP contribution < -0.4 is 5.32 Å². The third-order valence-electron chi connectivity index (χ3n) is 2.48. The number of benzene rings is 1. The van der Waals surface area contributed by atoms with Crippen LogP contribution in [-0.4, -0.2) is 11.1 Å². The van der Waals surface area contributed by atoms with Gasteiger partial charge in [0.15, 0.2) is 0 Å². The highest BCUT2D eigenvalue weighted by molar-refractivity contribution is 9.10. The van der Waals surface area contributed by atoms with Crippen molar-refractivity contribution in [2.75, 3.05) is 5.32 Å². The van der Waals surface area contributed by atoms with E-state index in [1.165, 1.54) is 0 Å². The second-order valence-corrected chi connectivity index (χ2v) is 4.74. The Morgan fingerprint density at radius 1 is 1.26 bits per heavy atom. The lowest BCUT2D eigenvalue weighted by Crippen LogP contribution is -2.14. The van der Waals surface area contributed by atoms with Crippen molar-refractivity contribution in [2.24, 2.45) is 0 Å². The van der Waals surface area contributed by atoms with E-state index in [0.29, 0.717) is 10.4 Å². The molecule has 0 aliphatic heterocycles. The van der Waals surface area contributed by atoms with Crippen LogP contribution in [0.5, 0.6) is 0 Å². The zero-order chi connectivity index (χ0) is 13.7. The number of aryl methyl sites for hydroxylation is 1. The summed E-state index contributed by atoms with van der Waals surface area (Å²) in [5, 5.41) is 2.58. The number of halogens is 1. The van der Waals surface area contributed by atoms with E-state index in [4.69, 9.17) is 4.74 Å². The van der Waals surface area contributed by atoms with E-state index in [1.54, 1.807) is 6.07 Å². The van der Waals surface area contributed by atoms with E-state index in [0.717, 1.165) is 11.1 Å². The Morgan fingerprint density at radius 3 is 2.68 bits per heavy atom. The summed E-state index contributed by atoms with van der Waals surface area (Å²) in [6.45, 7) is 2.16. The van der Waals surface area contributed by atoms with E-state index in [9.17, 15) is 4.79 Å². The van der Waals surface area contributed by atoms with Crippen LogP contribution in [0.15, 0.2) is 47.1 Å². The maximum absolute atomic E-state index is 11.6. The zero-order valence-corrected chi connectivity index (χ0v) is 12.0. The number of rotatable bonds is 3. The number of ether oxygens (including phenoxy) is 1. The molecule has 1 N–H and O–H groups in total. The molecule has 0 bridgehead atoms. The first-order chi connectivity index (χ1) is 9.15. The van der Waals surface area contributed by atoms with Crippen LogP contribution in [-0.2, 0) is 11.3 Å². The highest BCUT2D eigenvalue weighted by Crippen LogP contribution is 2.16. The summed E-state index contributed by atoms with van der Waals surface area (Å²) in [6.07, 6.45) is -0.521. The second-order valence-electron chi connectivity index (χ2n) is 3.99. The minimum atomic E-state index is -0.521. The van der Waals surface area contributed by atoms with Crippen LogP contribution in [0.1, 0.15) is 11.1 Å². The Hall–Kier alpha value is -1.88. The number of nitrogens with zero attached hydrogens (tertiary/aromatic N) is 1. The van der Waals surface area contributed by atoms with Crippen molar-refractivity contribution in [3.8, 4) is 0 Å². The van der Waals surface area contributed by atoms with E-state index in [-0.39, 0.29) is 6.61 Å². The summed E-state index contributed by atoms with van der Waals surface area (Å²) >= 11 is 3.31. The molecule has 1 aromatic carbocycles. The highest BCUT2D eigenvalue weighted by Gasteiger charge is 2.06. The van der Waals surface area contributed by atoms with Crippen LogP contribution in [0.25, 0.3) is 0 Å². The first-order valence-electron chi connectivity index (χ1n) is 5.76. The summed E-state index contributed by atoms with van der Waals surface area (Å²) in [6, 6.07) is 13.1. The van der Waals surface area contributed by atoms with Crippen LogP contribution in [0.4, 0.5) is 10.6 Å². The predicted molar refractivity (Wildman–Crippen MR) is 76.9 cm³/mol. The quantitative estimate of drug-likeness (QED) is 0.872. The van der Waals surface area contributed by atoms with Gasteiger partial charge in [0.2, 0.25) is 0 Å². The molecule has 19 heavy (non-hydrogen) atoms. The molecule has 1 amide bonds. The largest absolute Gasteiger partial charge is 0.444 e. The van der Waals surface area contributed by atoms with Crippen LogP contribution in [0, 0.1) is 6.92 Å². The molecule has 1 aromatic heterocycles. The number of carbonyl (C=O) groups excluding carboxylic acids is 1. The third-order valence-corrected chi connectivity index (χ3v) is 3.28. The van der Waals surface area contributed by atoms with Crippen molar-refractivity contribution >= 4 is 27.8 Å². The van der Waals surface area contributed by atoms with E-state index in [2.05, 4.69) is 26.2 Å². The lowest BCUT2D eigenvalue weighted by Gasteiger charge is -2.07. The van der Waals surface area contributed by atoms with Crippen LogP contribution in [0.3, 0.4) is 0 Å². The van der Waals surface area contributed by atoms with E-state index >= 15 is 0 Å². The molecule has 0 aliphatic rings. The fourth-order valence-electron chi connectivity index (χ4n) is 1.44. The summed E-state index contributed by atoms with van der Waals surface area (Å²) in [7, 11) is 0. The van der Waals surface area contributed by atoms with Gasteiger partial charge in [-0.3, -0.25) is 5.32 Å². The first-order valence-corrected chi connectivity index (χ1v) is 6.55. The van der Waals surface area contributed by atoms with Gasteiger partial charge in [0, 0.05) is 0 Å². The molecule has 5 heteroatoms. The SMILES string of the molecule is Cc1ccc(NC(=O)OCc2ccccc2)nc1Br. The molecule has 0 unspecified atom stereocenters. The number of aromatic nitrogens is 1. The molecule has 0 saturated carbocycles. The van der Waals surface area contributed by atoms with Gasteiger partial charge in [-0.2, -0.15) is 0 Å². The molecule has 0 radical (unpaired) electrons. The fraction of sp³-hybridized carbons (Fsp3) is 0.143. The fourth-order valence-corrected chi connectivity index (χ4v) is 1.76. The number of hydrogen-bond acceptors (Lipinski definition) is 3. The Labute approximate surface area is 119 Å². The summed E-state index contributed by atoms with van der Waals surface area (Å²) in [5.41, 5.74) is 1.94. The predicted octanol–water partition coefficient (Wildman–Crippen LogP) is 3.90. The van der Waals surface area contributed by atoms with Gasteiger partial charge >= 0.3 is 6.09 Å². The molecule has 2 aromatic rings. The minimum Gasteiger partial charge on any atom is -0.444 e. The molecule has 0 fully saturated rings. The van der Waals surface area contributed by atoms with Crippen LogP contribution >= 0.6 is 15.9 Å².